The fourth-order valence-electron chi connectivity index (χ4n) is 3.98. The summed E-state index contributed by atoms with van der Waals surface area (Å²) in [6.07, 6.45) is 0.347. The first kappa shape index (κ1) is 21.3. The molecule has 1 N–H and O–H groups in total. The summed E-state index contributed by atoms with van der Waals surface area (Å²) in [5.41, 5.74) is 2.69. The molecule has 0 fully saturated rings. The number of methoxy groups -OCH3 is 1. The molecule has 1 atom stereocenters. The fourth-order valence-corrected chi connectivity index (χ4v) is 3.98. The molecule has 0 aliphatic heterocycles. The average molecular weight is 424 g/mol. The van der Waals surface area contributed by atoms with Crippen LogP contribution in [-0.2, 0) is 20.7 Å². The van der Waals surface area contributed by atoms with Gasteiger partial charge in [0.2, 0.25) is 5.91 Å². The van der Waals surface area contributed by atoms with Crippen molar-refractivity contribution in [3.8, 4) is 0 Å². The van der Waals surface area contributed by atoms with Gasteiger partial charge in [-0.2, -0.15) is 0 Å². The smallest absolute Gasteiger partial charge is 0.328 e. The SMILES string of the molecule is COC(=O)[C@H](Cc1ccc2ccccc2c1)NC(=O)C(c1ccccc1)c1ccccc1. The third-order valence-corrected chi connectivity index (χ3v) is 5.58. The second-order valence-corrected chi connectivity index (χ2v) is 7.72. The highest BCUT2D eigenvalue weighted by Crippen LogP contribution is 2.25. The minimum Gasteiger partial charge on any atom is -0.467 e. The number of fused-ring (bicyclic) bond motifs is 1. The van der Waals surface area contributed by atoms with Crippen LogP contribution in [0.15, 0.2) is 103 Å². The zero-order valence-electron chi connectivity index (χ0n) is 17.9. The van der Waals surface area contributed by atoms with E-state index < -0.39 is 17.9 Å². The molecule has 160 valence electrons. The maximum absolute atomic E-state index is 13.5. The van der Waals surface area contributed by atoms with Gasteiger partial charge in [0.15, 0.2) is 0 Å². The normalized spacial score (nSPS) is 11.8. The molecule has 0 spiro atoms. The third-order valence-electron chi connectivity index (χ3n) is 5.58. The van der Waals surface area contributed by atoms with Gasteiger partial charge < -0.3 is 10.1 Å². The predicted molar refractivity (Wildman–Crippen MR) is 126 cm³/mol. The van der Waals surface area contributed by atoms with Crippen LogP contribution in [0.5, 0.6) is 0 Å². The topological polar surface area (TPSA) is 55.4 Å². The van der Waals surface area contributed by atoms with Gasteiger partial charge in [-0.1, -0.05) is 103 Å². The highest BCUT2D eigenvalue weighted by Gasteiger charge is 2.28. The van der Waals surface area contributed by atoms with Crippen molar-refractivity contribution >= 4 is 22.6 Å². The van der Waals surface area contributed by atoms with Gasteiger partial charge in [0.25, 0.3) is 0 Å². The van der Waals surface area contributed by atoms with Crippen molar-refractivity contribution < 1.29 is 14.3 Å². The van der Waals surface area contributed by atoms with E-state index in [1.54, 1.807) is 0 Å². The Hall–Kier alpha value is -3.92. The van der Waals surface area contributed by atoms with E-state index in [9.17, 15) is 9.59 Å². The van der Waals surface area contributed by atoms with Crippen molar-refractivity contribution in [3.05, 3.63) is 120 Å². The number of benzene rings is 4. The Morgan fingerprint density at radius 2 is 1.31 bits per heavy atom. The molecule has 0 saturated carbocycles. The molecule has 0 radical (unpaired) electrons. The lowest BCUT2D eigenvalue weighted by Gasteiger charge is -2.22. The number of amides is 1. The lowest BCUT2D eigenvalue weighted by atomic mass is 9.90. The molecule has 32 heavy (non-hydrogen) atoms. The average Bonchev–Trinajstić information content (AvgIpc) is 2.84. The van der Waals surface area contributed by atoms with Gasteiger partial charge in [-0.05, 0) is 27.5 Å². The summed E-state index contributed by atoms with van der Waals surface area (Å²) >= 11 is 0. The van der Waals surface area contributed by atoms with Crippen LogP contribution in [-0.4, -0.2) is 25.0 Å². The highest BCUT2D eigenvalue weighted by atomic mass is 16.5. The van der Waals surface area contributed by atoms with Gasteiger partial charge in [-0.3, -0.25) is 4.79 Å². The van der Waals surface area contributed by atoms with Crippen molar-refractivity contribution in [1.29, 1.82) is 0 Å². The Bertz CT molecular complexity index is 1170. The molecule has 4 aromatic carbocycles. The van der Waals surface area contributed by atoms with E-state index in [4.69, 9.17) is 4.74 Å². The molecule has 4 rings (SSSR count). The molecule has 0 heterocycles. The van der Waals surface area contributed by atoms with Gasteiger partial charge in [0.1, 0.15) is 6.04 Å². The van der Waals surface area contributed by atoms with Crippen LogP contribution < -0.4 is 5.32 Å². The van der Waals surface area contributed by atoms with E-state index in [2.05, 4.69) is 5.32 Å². The lowest BCUT2D eigenvalue weighted by Crippen LogP contribution is -2.45. The second-order valence-electron chi connectivity index (χ2n) is 7.72. The van der Waals surface area contributed by atoms with E-state index in [1.165, 1.54) is 7.11 Å². The minimum atomic E-state index is -0.788. The summed E-state index contributed by atoms with van der Waals surface area (Å²) in [4.78, 5) is 26.0. The summed E-state index contributed by atoms with van der Waals surface area (Å²) in [5, 5.41) is 5.16. The Morgan fingerprint density at radius 1 is 0.750 bits per heavy atom. The number of nitrogens with one attached hydrogen (secondary N) is 1. The van der Waals surface area contributed by atoms with Gasteiger partial charge in [-0.25, -0.2) is 4.79 Å². The second kappa shape index (κ2) is 9.92. The molecule has 0 saturated heterocycles. The van der Waals surface area contributed by atoms with Crippen LogP contribution in [0.3, 0.4) is 0 Å². The molecule has 0 bridgehead atoms. The Labute approximate surface area is 187 Å². The first-order valence-electron chi connectivity index (χ1n) is 10.6. The Balaban J connectivity index is 1.61. The fraction of sp³-hybridized carbons (Fsp3) is 0.143. The molecule has 0 unspecified atom stereocenters. The van der Waals surface area contributed by atoms with E-state index >= 15 is 0 Å². The van der Waals surface area contributed by atoms with Crippen molar-refractivity contribution in [2.75, 3.05) is 7.11 Å². The van der Waals surface area contributed by atoms with Crippen LogP contribution >= 0.6 is 0 Å². The zero-order valence-corrected chi connectivity index (χ0v) is 17.9. The molecule has 0 aliphatic rings. The number of carbonyl (C=O) groups excluding carboxylic acids is 2. The standard InChI is InChI=1S/C28H25NO3/c1-32-28(31)25(19-20-16-17-21-10-8-9-15-24(21)18-20)29-27(30)26(22-11-4-2-5-12-22)23-13-6-3-7-14-23/h2-18,25-26H,19H2,1H3,(H,29,30)/t25-/m0/s1. The molecular formula is C28H25NO3. The van der Waals surface area contributed by atoms with Crippen molar-refractivity contribution in [3.63, 3.8) is 0 Å². The van der Waals surface area contributed by atoms with E-state index in [0.717, 1.165) is 27.5 Å². The number of carbonyl (C=O) groups is 2. The first-order valence-corrected chi connectivity index (χ1v) is 10.6. The van der Waals surface area contributed by atoms with Gasteiger partial charge in [0.05, 0.1) is 13.0 Å². The summed E-state index contributed by atoms with van der Waals surface area (Å²) in [7, 11) is 1.34. The summed E-state index contributed by atoms with van der Waals surface area (Å²) in [5.74, 6) is -1.23. The minimum absolute atomic E-state index is 0.237. The summed E-state index contributed by atoms with van der Waals surface area (Å²) in [6.45, 7) is 0. The van der Waals surface area contributed by atoms with Gasteiger partial charge in [0, 0.05) is 6.42 Å². The van der Waals surface area contributed by atoms with Crippen LogP contribution in [0.25, 0.3) is 10.8 Å². The maximum Gasteiger partial charge on any atom is 0.328 e. The van der Waals surface area contributed by atoms with Crippen molar-refractivity contribution in [2.45, 2.75) is 18.4 Å². The maximum atomic E-state index is 13.5. The Kier molecular flexibility index (Phi) is 6.61. The summed E-state index contributed by atoms with van der Waals surface area (Å²) < 4.78 is 5.01. The zero-order chi connectivity index (χ0) is 22.3. The number of rotatable bonds is 7. The Morgan fingerprint density at radius 3 is 1.91 bits per heavy atom. The largest absolute Gasteiger partial charge is 0.467 e. The van der Waals surface area contributed by atoms with Gasteiger partial charge >= 0.3 is 5.97 Å². The number of hydrogen-bond acceptors (Lipinski definition) is 3. The third kappa shape index (κ3) is 4.86. The van der Waals surface area contributed by atoms with Crippen LogP contribution in [0.4, 0.5) is 0 Å². The molecule has 0 aromatic heterocycles. The van der Waals surface area contributed by atoms with E-state index in [0.29, 0.717) is 6.42 Å². The van der Waals surface area contributed by atoms with Crippen molar-refractivity contribution in [2.24, 2.45) is 0 Å². The monoisotopic (exact) mass is 423 g/mol. The molecule has 1 amide bonds. The van der Waals surface area contributed by atoms with Gasteiger partial charge in [-0.15, -0.1) is 0 Å². The summed E-state index contributed by atoms with van der Waals surface area (Å²) in [6, 6.07) is 32.5. The van der Waals surface area contributed by atoms with Crippen molar-refractivity contribution in [1.82, 2.24) is 5.32 Å². The highest BCUT2D eigenvalue weighted by molar-refractivity contribution is 5.91. The lowest BCUT2D eigenvalue weighted by molar-refractivity contribution is -0.145. The molecule has 0 aliphatic carbocycles. The first-order chi connectivity index (χ1) is 15.7. The molecule has 4 heteroatoms. The van der Waals surface area contributed by atoms with Crippen LogP contribution in [0, 0.1) is 0 Å². The van der Waals surface area contributed by atoms with Crippen LogP contribution in [0.1, 0.15) is 22.6 Å². The van der Waals surface area contributed by atoms with E-state index in [-0.39, 0.29) is 5.91 Å². The number of esters is 1. The van der Waals surface area contributed by atoms with Crippen LogP contribution in [0.2, 0.25) is 0 Å². The predicted octanol–water partition coefficient (Wildman–Crippen LogP) is 4.87. The molecule has 4 aromatic rings. The number of hydrogen-bond donors (Lipinski definition) is 1. The quantitative estimate of drug-likeness (QED) is 0.432. The number of ether oxygens (including phenoxy) is 1. The van der Waals surface area contributed by atoms with E-state index in [1.807, 2.05) is 103 Å². The molecule has 4 nitrogen and oxygen atoms in total. The molecular weight excluding hydrogens is 398 g/mol.